The third kappa shape index (κ3) is 1.50. The Hall–Kier alpha value is 0.752. The van der Waals surface area contributed by atoms with Crippen molar-refractivity contribution >= 4 is 0 Å². The van der Waals surface area contributed by atoms with Crippen molar-refractivity contribution < 1.29 is 31.1 Å². The van der Waals surface area contributed by atoms with Crippen molar-refractivity contribution in [2.75, 3.05) is 13.1 Å². The summed E-state index contributed by atoms with van der Waals surface area (Å²) in [5.41, 5.74) is 1.41. The van der Waals surface area contributed by atoms with E-state index in [4.69, 9.17) is 0 Å². The predicted octanol–water partition coefficient (Wildman–Crippen LogP) is 1.57. The summed E-state index contributed by atoms with van der Waals surface area (Å²) in [5, 5.41) is 0. The van der Waals surface area contributed by atoms with Gasteiger partial charge in [0.25, 0.3) is 0 Å². The van der Waals surface area contributed by atoms with Crippen LogP contribution in [-0.2, 0) is 0 Å². The van der Waals surface area contributed by atoms with Crippen LogP contribution < -0.4 is 0 Å². The fourth-order valence-corrected chi connectivity index (χ4v) is 1.80. The fraction of sp³-hybridized carbons (Fsp3) is 0.625. The minimum atomic E-state index is 0. The second-order valence-electron chi connectivity index (χ2n) is 3.02. The van der Waals surface area contributed by atoms with Crippen molar-refractivity contribution in [1.82, 2.24) is 4.90 Å². The first kappa shape index (κ1) is 8.84. The van der Waals surface area contributed by atoms with Crippen molar-refractivity contribution in [3.8, 4) is 0 Å². The Bertz CT molecular complexity index is 130. The summed E-state index contributed by atoms with van der Waals surface area (Å²) >= 11 is 0. The smallest absolute Gasteiger partial charge is 0 e. The molecule has 2 rings (SSSR count). The molecular formula is C8H12NU-. The zero-order chi connectivity index (χ0) is 6.27. The number of hydrogen-bond donors (Lipinski definition) is 0. The third-order valence-electron chi connectivity index (χ3n) is 2.21. The quantitative estimate of drug-likeness (QED) is 0.468. The molecule has 0 radical (unpaired) electrons. The van der Waals surface area contributed by atoms with E-state index in [1.54, 1.807) is 6.04 Å². The molecule has 0 N–H and O–H groups in total. The van der Waals surface area contributed by atoms with Crippen LogP contribution in [0.3, 0.4) is 0 Å². The monoisotopic (exact) mass is 360 g/mol. The van der Waals surface area contributed by atoms with Crippen LogP contribution in [0.2, 0.25) is 0 Å². The van der Waals surface area contributed by atoms with Gasteiger partial charge in [0.2, 0.25) is 0 Å². The molecule has 0 saturated carbocycles. The van der Waals surface area contributed by atoms with Crippen molar-refractivity contribution in [3.63, 3.8) is 0 Å². The normalized spacial score (nSPS) is 26.6. The van der Waals surface area contributed by atoms with E-state index < -0.39 is 0 Å². The average molecular weight is 360 g/mol. The summed E-state index contributed by atoms with van der Waals surface area (Å²) in [7, 11) is 0. The maximum Gasteiger partial charge on any atom is 0 e. The van der Waals surface area contributed by atoms with Gasteiger partial charge in [-0.15, -0.1) is 13.0 Å². The van der Waals surface area contributed by atoms with Gasteiger partial charge in [-0.3, -0.25) is 0 Å². The van der Waals surface area contributed by atoms with Crippen molar-refractivity contribution in [1.29, 1.82) is 0 Å². The van der Waals surface area contributed by atoms with Gasteiger partial charge < -0.3 is 4.90 Å². The molecule has 2 aliphatic heterocycles. The molecular weight excluding hydrogens is 348 g/mol. The average Bonchev–Trinajstić information content (AvgIpc) is 2.22. The van der Waals surface area contributed by atoms with Crippen molar-refractivity contribution in [2.24, 2.45) is 0 Å². The second-order valence-corrected chi connectivity index (χ2v) is 3.02. The van der Waals surface area contributed by atoms with Crippen molar-refractivity contribution in [3.05, 3.63) is 18.2 Å². The molecule has 0 spiro atoms. The zero-order valence-electron chi connectivity index (χ0n) is 6.19. The summed E-state index contributed by atoms with van der Waals surface area (Å²) in [6.45, 7) is 6.41. The standard InChI is InChI=1S/C8H12N.U/c1-7-5-8-3-2-4-9(8)6-7;/h1-6H2;/q-1;. The van der Waals surface area contributed by atoms with Gasteiger partial charge in [-0.25, -0.2) is 6.04 Å². The van der Waals surface area contributed by atoms with E-state index in [0.717, 1.165) is 6.54 Å². The summed E-state index contributed by atoms with van der Waals surface area (Å²) in [4.78, 5) is 2.47. The van der Waals surface area contributed by atoms with E-state index in [2.05, 4.69) is 11.5 Å². The molecule has 10 heavy (non-hydrogen) atoms. The Labute approximate surface area is 86.2 Å². The first-order chi connectivity index (χ1) is 4.36. The molecule has 0 aromatic rings. The second kappa shape index (κ2) is 3.43. The van der Waals surface area contributed by atoms with E-state index in [1.165, 1.54) is 31.4 Å². The molecule has 1 nitrogen and oxygen atoms in total. The zero-order valence-corrected chi connectivity index (χ0v) is 10.4. The van der Waals surface area contributed by atoms with E-state index in [9.17, 15) is 0 Å². The van der Waals surface area contributed by atoms with Crippen LogP contribution in [0, 0.1) is 37.2 Å². The van der Waals surface area contributed by atoms with Gasteiger partial charge in [-0.05, 0) is 13.1 Å². The first-order valence-electron chi connectivity index (χ1n) is 3.62. The minimum Gasteiger partial charge on any atom is -0.450 e. The maximum absolute atomic E-state index is 3.97. The fourth-order valence-electron chi connectivity index (χ4n) is 1.80. The van der Waals surface area contributed by atoms with Gasteiger partial charge in [-0.2, -0.15) is 6.42 Å². The van der Waals surface area contributed by atoms with Crippen molar-refractivity contribution in [2.45, 2.75) is 19.3 Å². The maximum atomic E-state index is 3.97. The van der Waals surface area contributed by atoms with Crippen LogP contribution in [0.4, 0.5) is 0 Å². The molecule has 0 unspecified atom stereocenters. The molecule has 0 aromatic carbocycles. The van der Waals surface area contributed by atoms with Crippen LogP contribution in [0.1, 0.15) is 19.3 Å². The Morgan fingerprint density at radius 3 is 3.00 bits per heavy atom. The molecule has 0 amide bonds. The SMILES string of the molecule is C=C1C[C-]2CCCN2C1.[U]. The van der Waals surface area contributed by atoms with Gasteiger partial charge in [0, 0.05) is 31.1 Å². The number of rotatable bonds is 0. The van der Waals surface area contributed by atoms with E-state index in [1.807, 2.05) is 0 Å². The Morgan fingerprint density at radius 1 is 1.50 bits per heavy atom. The summed E-state index contributed by atoms with van der Waals surface area (Å²) in [6.07, 6.45) is 3.90. The van der Waals surface area contributed by atoms with Crippen LogP contribution in [-0.4, -0.2) is 18.0 Å². The van der Waals surface area contributed by atoms with Gasteiger partial charge >= 0.3 is 0 Å². The Kier molecular flexibility index (Phi) is 3.04. The number of hydrogen-bond acceptors (Lipinski definition) is 1. The predicted molar refractivity (Wildman–Crippen MR) is 37.8 cm³/mol. The van der Waals surface area contributed by atoms with Crippen LogP contribution >= 0.6 is 0 Å². The molecule has 2 heteroatoms. The Morgan fingerprint density at radius 2 is 2.30 bits per heavy atom. The third-order valence-corrected chi connectivity index (χ3v) is 2.21. The summed E-state index contributed by atoms with van der Waals surface area (Å²) in [6, 6.07) is 1.64. The van der Waals surface area contributed by atoms with Crippen LogP contribution in [0.5, 0.6) is 0 Å². The number of fused-ring (bicyclic) bond motifs is 1. The molecule has 2 fully saturated rings. The molecule has 0 atom stereocenters. The van der Waals surface area contributed by atoms with Gasteiger partial charge in [0.15, 0.2) is 0 Å². The molecule has 2 saturated heterocycles. The summed E-state index contributed by atoms with van der Waals surface area (Å²) < 4.78 is 0. The van der Waals surface area contributed by atoms with E-state index in [-0.39, 0.29) is 31.1 Å². The van der Waals surface area contributed by atoms with Gasteiger partial charge in [-0.1, -0.05) is 12.0 Å². The molecule has 0 bridgehead atoms. The number of nitrogens with zero attached hydrogens (tertiary/aromatic N) is 1. The van der Waals surface area contributed by atoms with E-state index >= 15 is 0 Å². The molecule has 0 aromatic heterocycles. The molecule has 2 aliphatic rings. The van der Waals surface area contributed by atoms with Gasteiger partial charge in [0.05, 0.1) is 0 Å². The van der Waals surface area contributed by atoms with Crippen LogP contribution in [0.25, 0.3) is 0 Å². The molecule has 0 aliphatic carbocycles. The van der Waals surface area contributed by atoms with Gasteiger partial charge in [0.1, 0.15) is 0 Å². The molecule has 54 valence electrons. The largest absolute Gasteiger partial charge is 0.450 e. The van der Waals surface area contributed by atoms with Crippen LogP contribution in [0.15, 0.2) is 12.2 Å². The Balaban J connectivity index is 0.000000500. The summed E-state index contributed by atoms with van der Waals surface area (Å²) in [5.74, 6) is 0. The first-order valence-corrected chi connectivity index (χ1v) is 3.62. The topological polar surface area (TPSA) is 3.24 Å². The molecule has 2 heterocycles. The van der Waals surface area contributed by atoms with E-state index in [0.29, 0.717) is 0 Å². The minimum absolute atomic E-state index is 0.